The maximum absolute atomic E-state index is 12.4. The van der Waals surface area contributed by atoms with E-state index in [0.29, 0.717) is 23.1 Å². The highest BCUT2D eigenvalue weighted by Crippen LogP contribution is 2.46. The molecule has 9 nitrogen and oxygen atoms in total. The number of likely N-dealkylation sites (N-methyl/N-ethyl adjacent to an activating group) is 2. The number of methoxy groups -OCH3 is 1. The predicted octanol–water partition coefficient (Wildman–Crippen LogP) is 6.10. The van der Waals surface area contributed by atoms with Gasteiger partial charge in [0.15, 0.2) is 0 Å². The van der Waals surface area contributed by atoms with Gasteiger partial charge in [-0.05, 0) is 81.5 Å². The minimum atomic E-state index is -0.287. The number of aryl methyl sites for hydroxylation is 3. The molecule has 0 saturated heterocycles. The average Bonchev–Trinajstić information content (AvgIpc) is 3.78. The van der Waals surface area contributed by atoms with Crippen LogP contribution in [-0.2, 0) is 17.8 Å². The summed E-state index contributed by atoms with van der Waals surface area (Å²) in [6.45, 7) is 8.33. The molecule has 43 heavy (non-hydrogen) atoms. The largest absolute Gasteiger partial charge is 0.494 e. The summed E-state index contributed by atoms with van der Waals surface area (Å²) in [4.78, 5) is 26.2. The van der Waals surface area contributed by atoms with Crippen molar-refractivity contribution in [1.82, 2.24) is 19.4 Å². The SMILES string of the molecule is C=CC(=O)Nc1cc(Nc2ncc(C)c(-c3cn4c5c(c(C6CC6)ccc35)CCC4)n2)c(OC)cc1N(C)CCN(C)C. The number of anilines is 4. The molecular weight excluding hydrogens is 538 g/mol. The molecule has 0 radical (unpaired) electrons. The van der Waals surface area contributed by atoms with E-state index < -0.39 is 0 Å². The first-order valence-electron chi connectivity index (χ1n) is 15.0. The Balaban J connectivity index is 1.38. The molecule has 9 heteroatoms. The highest BCUT2D eigenvalue weighted by molar-refractivity contribution is 6.02. The zero-order valence-corrected chi connectivity index (χ0v) is 25.8. The van der Waals surface area contributed by atoms with Gasteiger partial charge in [0, 0.05) is 56.1 Å². The lowest BCUT2D eigenvalue weighted by atomic mass is 9.93. The van der Waals surface area contributed by atoms with E-state index in [1.807, 2.05) is 39.5 Å². The summed E-state index contributed by atoms with van der Waals surface area (Å²) >= 11 is 0. The lowest BCUT2D eigenvalue weighted by molar-refractivity contribution is -0.111. The predicted molar refractivity (Wildman–Crippen MR) is 175 cm³/mol. The Morgan fingerprint density at radius 3 is 2.72 bits per heavy atom. The molecule has 3 heterocycles. The Labute approximate surface area is 253 Å². The van der Waals surface area contributed by atoms with E-state index in [4.69, 9.17) is 9.72 Å². The Morgan fingerprint density at radius 2 is 2.00 bits per heavy atom. The molecule has 2 N–H and O–H groups in total. The van der Waals surface area contributed by atoms with Crippen molar-refractivity contribution in [2.45, 2.75) is 45.1 Å². The van der Waals surface area contributed by atoms with Gasteiger partial charge in [0.25, 0.3) is 0 Å². The van der Waals surface area contributed by atoms with Gasteiger partial charge in [0.2, 0.25) is 11.9 Å². The van der Waals surface area contributed by atoms with Crippen LogP contribution >= 0.6 is 0 Å². The van der Waals surface area contributed by atoms with Crippen LogP contribution in [0.1, 0.15) is 41.9 Å². The van der Waals surface area contributed by atoms with Crippen LogP contribution in [0.5, 0.6) is 5.75 Å². The molecule has 6 rings (SSSR count). The summed E-state index contributed by atoms with van der Waals surface area (Å²) in [5, 5.41) is 7.59. The molecule has 4 aromatic rings. The van der Waals surface area contributed by atoms with Crippen molar-refractivity contribution in [2.75, 3.05) is 56.9 Å². The van der Waals surface area contributed by atoms with Gasteiger partial charge >= 0.3 is 0 Å². The molecule has 0 spiro atoms. The lowest BCUT2D eigenvalue weighted by Crippen LogP contribution is -2.29. The summed E-state index contributed by atoms with van der Waals surface area (Å²) in [6.07, 6.45) is 10.3. The lowest BCUT2D eigenvalue weighted by Gasteiger charge is -2.26. The minimum Gasteiger partial charge on any atom is -0.494 e. The average molecular weight is 580 g/mol. The number of nitrogens with one attached hydrogen (secondary N) is 2. The molecule has 1 saturated carbocycles. The van der Waals surface area contributed by atoms with Crippen LogP contribution in [0.15, 0.2) is 49.3 Å². The van der Waals surface area contributed by atoms with Gasteiger partial charge in [0.1, 0.15) is 5.75 Å². The van der Waals surface area contributed by atoms with Crippen LogP contribution in [0.25, 0.3) is 22.2 Å². The van der Waals surface area contributed by atoms with Gasteiger partial charge in [-0.15, -0.1) is 0 Å². The first-order valence-corrected chi connectivity index (χ1v) is 15.0. The van der Waals surface area contributed by atoms with Crippen molar-refractivity contribution in [2.24, 2.45) is 0 Å². The van der Waals surface area contributed by atoms with Crippen LogP contribution < -0.4 is 20.3 Å². The third-order valence-electron chi connectivity index (χ3n) is 8.55. The number of amides is 1. The summed E-state index contributed by atoms with van der Waals surface area (Å²) in [6, 6.07) is 8.44. The van der Waals surface area contributed by atoms with Crippen molar-refractivity contribution < 1.29 is 9.53 Å². The first-order chi connectivity index (χ1) is 20.8. The maximum atomic E-state index is 12.4. The van der Waals surface area contributed by atoms with Gasteiger partial charge < -0.3 is 29.7 Å². The quantitative estimate of drug-likeness (QED) is 0.208. The third kappa shape index (κ3) is 5.69. The number of nitrogens with zero attached hydrogens (tertiary/aromatic N) is 5. The molecule has 2 aromatic heterocycles. The van der Waals surface area contributed by atoms with Crippen molar-refractivity contribution in [3.63, 3.8) is 0 Å². The second-order valence-electron chi connectivity index (χ2n) is 12.0. The topological polar surface area (TPSA) is 87.5 Å². The fourth-order valence-corrected chi connectivity index (χ4v) is 6.12. The smallest absolute Gasteiger partial charge is 0.247 e. The van der Waals surface area contributed by atoms with Gasteiger partial charge in [-0.3, -0.25) is 4.79 Å². The summed E-state index contributed by atoms with van der Waals surface area (Å²) in [5.41, 5.74) is 9.63. The number of carbonyl (C=O) groups excluding carboxylic acids is 1. The van der Waals surface area contributed by atoms with Gasteiger partial charge in [-0.1, -0.05) is 18.7 Å². The second kappa shape index (κ2) is 11.7. The highest BCUT2D eigenvalue weighted by atomic mass is 16.5. The molecule has 1 aliphatic carbocycles. The van der Waals surface area contributed by atoms with E-state index in [-0.39, 0.29) is 5.91 Å². The zero-order valence-electron chi connectivity index (χ0n) is 25.8. The summed E-state index contributed by atoms with van der Waals surface area (Å²) < 4.78 is 8.22. The number of ether oxygens (including phenoxy) is 1. The number of benzene rings is 2. The Morgan fingerprint density at radius 1 is 1.19 bits per heavy atom. The van der Waals surface area contributed by atoms with Crippen LogP contribution in [-0.4, -0.2) is 66.7 Å². The van der Waals surface area contributed by atoms with E-state index in [2.05, 4.69) is 61.8 Å². The zero-order chi connectivity index (χ0) is 30.2. The van der Waals surface area contributed by atoms with Crippen molar-refractivity contribution in [3.8, 4) is 17.0 Å². The van der Waals surface area contributed by atoms with Crippen molar-refractivity contribution >= 4 is 39.8 Å². The van der Waals surface area contributed by atoms with E-state index in [0.717, 1.165) is 54.5 Å². The Hall–Kier alpha value is -4.37. The number of carbonyl (C=O) groups is 1. The molecule has 1 aliphatic heterocycles. The maximum Gasteiger partial charge on any atom is 0.247 e. The molecule has 0 bridgehead atoms. The molecule has 0 atom stereocenters. The van der Waals surface area contributed by atoms with E-state index in [1.54, 1.807) is 12.7 Å². The summed E-state index contributed by atoms with van der Waals surface area (Å²) in [7, 11) is 7.70. The molecule has 2 aliphatic rings. The number of hydrogen-bond acceptors (Lipinski definition) is 7. The Bertz CT molecular complexity index is 1700. The molecule has 224 valence electrons. The first kappa shape index (κ1) is 28.7. The number of hydrogen-bond donors (Lipinski definition) is 2. The normalized spacial score (nSPS) is 14.2. The molecular formula is C34H41N7O2. The fourth-order valence-electron chi connectivity index (χ4n) is 6.12. The van der Waals surface area contributed by atoms with Gasteiger partial charge in [-0.25, -0.2) is 9.97 Å². The van der Waals surface area contributed by atoms with Crippen LogP contribution in [0.4, 0.5) is 23.0 Å². The Kier molecular flexibility index (Phi) is 7.83. The second-order valence-corrected chi connectivity index (χ2v) is 12.0. The van der Waals surface area contributed by atoms with E-state index in [1.165, 1.54) is 41.8 Å². The highest BCUT2D eigenvalue weighted by Gasteiger charge is 2.29. The molecule has 1 fully saturated rings. The van der Waals surface area contributed by atoms with E-state index in [9.17, 15) is 4.79 Å². The minimum absolute atomic E-state index is 0.287. The van der Waals surface area contributed by atoms with Crippen LogP contribution in [0, 0.1) is 6.92 Å². The monoisotopic (exact) mass is 579 g/mol. The van der Waals surface area contributed by atoms with Crippen LogP contribution in [0.2, 0.25) is 0 Å². The number of aromatic nitrogens is 3. The van der Waals surface area contributed by atoms with Crippen molar-refractivity contribution in [3.05, 3.63) is 66.0 Å². The van der Waals surface area contributed by atoms with Crippen LogP contribution in [0.3, 0.4) is 0 Å². The van der Waals surface area contributed by atoms with Gasteiger partial charge in [-0.2, -0.15) is 0 Å². The third-order valence-corrected chi connectivity index (χ3v) is 8.55. The number of rotatable bonds is 11. The molecule has 2 aromatic carbocycles. The standard InChI is InChI=1S/C34H41N7O2/c1-7-31(42)36-27-17-28(30(43-6)18-29(27)40(5)16-15-39(3)4)37-34-35-19-21(2)32(38-34)26-20-41-14-8-9-24-23(22-10-11-22)12-13-25(26)33(24)41/h7,12-13,17-20,22H,1,8-11,14-16H2,2-6H3,(H,36,42)(H,35,37,38). The van der Waals surface area contributed by atoms with Crippen molar-refractivity contribution in [1.29, 1.82) is 0 Å². The molecule has 0 unspecified atom stereocenters. The van der Waals surface area contributed by atoms with Gasteiger partial charge in [0.05, 0.1) is 35.4 Å². The van der Waals surface area contributed by atoms with E-state index >= 15 is 0 Å². The summed E-state index contributed by atoms with van der Waals surface area (Å²) in [5.74, 6) is 1.52. The molecule has 1 amide bonds. The fraction of sp³-hybridized carbons (Fsp3) is 0.382.